The minimum Gasteiger partial charge on any atom is -0.370 e. The molecule has 0 spiro atoms. The quantitative estimate of drug-likeness (QED) is 0.734. The summed E-state index contributed by atoms with van der Waals surface area (Å²) < 4.78 is 0. The Kier molecular flexibility index (Phi) is 5.39. The van der Waals surface area contributed by atoms with E-state index in [2.05, 4.69) is 20.6 Å². The van der Waals surface area contributed by atoms with Crippen LogP contribution in [-0.2, 0) is 0 Å². The van der Waals surface area contributed by atoms with Crippen molar-refractivity contribution in [1.82, 2.24) is 9.97 Å². The number of anilines is 2. The maximum absolute atomic E-state index is 5.73. The Balaban J connectivity index is 1.83. The van der Waals surface area contributed by atoms with Crippen LogP contribution in [0.15, 0.2) is 12.4 Å². The number of nitrogens with zero attached hydrogens (tertiary/aromatic N) is 2. The van der Waals surface area contributed by atoms with Gasteiger partial charge < -0.3 is 16.4 Å². The molecule has 1 aliphatic rings. The molecule has 0 bridgehead atoms. The van der Waals surface area contributed by atoms with Crippen LogP contribution >= 0.6 is 0 Å². The first-order chi connectivity index (χ1) is 9.24. The van der Waals surface area contributed by atoms with Gasteiger partial charge in [0.05, 0.1) is 0 Å². The van der Waals surface area contributed by atoms with Crippen molar-refractivity contribution in [2.24, 2.45) is 5.73 Å². The van der Waals surface area contributed by atoms with Gasteiger partial charge in [-0.1, -0.05) is 19.3 Å². The van der Waals surface area contributed by atoms with Crippen LogP contribution in [0.2, 0.25) is 0 Å². The largest absolute Gasteiger partial charge is 0.370 e. The van der Waals surface area contributed by atoms with E-state index in [0.29, 0.717) is 6.04 Å². The van der Waals surface area contributed by atoms with E-state index in [9.17, 15) is 0 Å². The fraction of sp³-hybridized carbons (Fsp3) is 0.714. The van der Waals surface area contributed by atoms with Gasteiger partial charge in [-0.15, -0.1) is 0 Å². The van der Waals surface area contributed by atoms with Crippen LogP contribution in [0.3, 0.4) is 0 Å². The van der Waals surface area contributed by atoms with E-state index >= 15 is 0 Å². The molecule has 5 nitrogen and oxygen atoms in total. The molecule has 1 aliphatic carbocycles. The van der Waals surface area contributed by atoms with Gasteiger partial charge in [0.1, 0.15) is 18.0 Å². The molecule has 0 saturated heterocycles. The highest BCUT2D eigenvalue weighted by Crippen LogP contribution is 2.21. The molecule has 0 aliphatic heterocycles. The van der Waals surface area contributed by atoms with Crippen molar-refractivity contribution < 1.29 is 0 Å². The van der Waals surface area contributed by atoms with Crippen molar-refractivity contribution in [2.45, 2.75) is 57.5 Å². The monoisotopic (exact) mass is 263 g/mol. The van der Waals surface area contributed by atoms with E-state index in [0.717, 1.165) is 24.6 Å². The Bertz CT molecular complexity index is 374. The number of nitrogens with two attached hydrogens (primary N) is 1. The average Bonchev–Trinajstić information content (AvgIpc) is 2.40. The van der Waals surface area contributed by atoms with E-state index in [1.165, 1.54) is 32.1 Å². The predicted octanol–water partition coefficient (Wildman–Crippen LogP) is 2.37. The molecule has 1 fully saturated rings. The Hall–Kier alpha value is -1.36. The van der Waals surface area contributed by atoms with Gasteiger partial charge >= 0.3 is 0 Å². The maximum atomic E-state index is 5.73. The van der Waals surface area contributed by atoms with Crippen LogP contribution in [0.25, 0.3) is 0 Å². The van der Waals surface area contributed by atoms with Crippen molar-refractivity contribution >= 4 is 11.6 Å². The predicted molar refractivity (Wildman–Crippen MR) is 79.3 cm³/mol. The minimum atomic E-state index is 0.217. The number of aromatic nitrogens is 2. The molecule has 19 heavy (non-hydrogen) atoms. The van der Waals surface area contributed by atoms with Crippen molar-refractivity contribution in [3.8, 4) is 0 Å². The molecule has 4 N–H and O–H groups in total. The van der Waals surface area contributed by atoms with Gasteiger partial charge in [-0.3, -0.25) is 0 Å². The molecule has 1 aromatic heterocycles. The molecule has 1 unspecified atom stereocenters. The summed E-state index contributed by atoms with van der Waals surface area (Å²) in [5, 5.41) is 6.79. The lowest BCUT2D eigenvalue weighted by Gasteiger charge is -2.23. The normalized spacial score (nSPS) is 18.0. The summed E-state index contributed by atoms with van der Waals surface area (Å²) in [6.45, 7) is 2.86. The fourth-order valence-electron chi connectivity index (χ4n) is 2.42. The second kappa shape index (κ2) is 7.28. The molecule has 1 atom stereocenters. The lowest BCUT2D eigenvalue weighted by Crippen LogP contribution is -2.23. The average molecular weight is 263 g/mol. The summed E-state index contributed by atoms with van der Waals surface area (Å²) in [6, 6.07) is 2.77. The Morgan fingerprint density at radius 2 is 2.00 bits per heavy atom. The van der Waals surface area contributed by atoms with Gasteiger partial charge in [0, 0.05) is 24.7 Å². The highest BCUT2D eigenvalue weighted by atomic mass is 15.1. The molecule has 2 rings (SSSR count). The SMILES string of the molecule is CC(N)CCNc1cc(NC2CCCCC2)ncn1. The van der Waals surface area contributed by atoms with Crippen LogP contribution in [0.1, 0.15) is 45.4 Å². The molecule has 1 saturated carbocycles. The summed E-state index contributed by atoms with van der Waals surface area (Å²) in [5.41, 5.74) is 5.73. The molecule has 0 radical (unpaired) electrons. The number of nitrogens with one attached hydrogen (secondary N) is 2. The Labute approximate surface area is 115 Å². The van der Waals surface area contributed by atoms with Crippen molar-refractivity contribution in [1.29, 1.82) is 0 Å². The standard InChI is InChI=1S/C14H25N5/c1-11(15)7-8-16-13-9-14(18-10-17-13)19-12-5-3-2-4-6-12/h9-12H,2-8,15H2,1H3,(H2,16,17,18,19). The van der Waals surface area contributed by atoms with Crippen LogP contribution in [0.5, 0.6) is 0 Å². The summed E-state index contributed by atoms with van der Waals surface area (Å²) >= 11 is 0. The number of rotatable bonds is 6. The molecule has 1 heterocycles. The first-order valence-electron chi connectivity index (χ1n) is 7.32. The zero-order valence-electron chi connectivity index (χ0n) is 11.7. The van der Waals surface area contributed by atoms with Crippen molar-refractivity contribution in [2.75, 3.05) is 17.2 Å². The van der Waals surface area contributed by atoms with Crippen LogP contribution in [0, 0.1) is 0 Å². The molecule has 106 valence electrons. The molecule has 5 heteroatoms. The summed E-state index contributed by atoms with van der Waals surface area (Å²) in [7, 11) is 0. The summed E-state index contributed by atoms with van der Waals surface area (Å²) in [6.07, 6.45) is 9.06. The zero-order valence-corrected chi connectivity index (χ0v) is 11.7. The van der Waals surface area contributed by atoms with Crippen LogP contribution in [0.4, 0.5) is 11.6 Å². The molecule has 0 aromatic carbocycles. The second-order valence-electron chi connectivity index (χ2n) is 5.46. The van der Waals surface area contributed by atoms with Crippen molar-refractivity contribution in [3.05, 3.63) is 12.4 Å². The second-order valence-corrected chi connectivity index (χ2v) is 5.46. The topological polar surface area (TPSA) is 75.9 Å². The van der Waals surface area contributed by atoms with Gasteiger partial charge in [0.15, 0.2) is 0 Å². The van der Waals surface area contributed by atoms with E-state index in [4.69, 9.17) is 5.73 Å². The van der Waals surface area contributed by atoms with Gasteiger partial charge in [0.25, 0.3) is 0 Å². The maximum Gasteiger partial charge on any atom is 0.131 e. The minimum absolute atomic E-state index is 0.217. The third-order valence-corrected chi connectivity index (χ3v) is 3.53. The lowest BCUT2D eigenvalue weighted by molar-refractivity contribution is 0.462. The van der Waals surface area contributed by atoms with Crippen molar-refractivity contribution in [3.63, 3.8) is 0 Å². The Morgan fingerprint density at radius 3 is 2.74 bits per heavy atom. The highest BCUT2D eigenvalue weighted by molar-refractivity contribution is 5.46. The molecule has 0 amide bonds. The highest BCUT2D eigenvalue weighted by Gasteiger charge is 2.13. The molecular weight excluding hydrogens is 238 g/mol. The van der Waals surface area contributed by atoms with Gasteiger partial charge in [-0.05, 0) is 26.2 Å². The first-order valence-corrected chi connectivity index (χ1v) is 7.32. The zero-order chi connectivity index (χ0) is 13.5. The fourth-order valence-corrected chi connectivity index (χ4v) is 2.42. The smallest absolute Gasteiger partial charge is 0.131 e. The van der Waals surface area contributed by atoms with E-state index in [1.807, 2.05) is 13.0 Å². The number of hydrogen-bond acceptors (Lipinski definition) is 5. The summed E-state index contributed by atoms with van der Waals surface area (Å²) in [4.78, 5) is 8.52. The van der Waals surface area contributed by atoms with E-state index in [1.54, 1.807) is 6.33 Å². The third kappa shape index (κ3) is 5.03. The molecular formula is C14H25N5. The van der Waals surface area contributed by atoms with E-state index in [-0.39, 0.29) is 6.04 Å². The van der Waals surface area contributed by atoms with Gasteiger partial charge in [-0.25, -0.2) is 9.97 Å². The number of hydrogen-bond donors (Lipinski definition) is 3. The van der Waals surface area contributed by atoms with Gasteiger partial charge in [-0.2, -0.15) is 0 Å². The lowest BCUT2D eigenvalue weighted by atomic mass is 9.95. The first kappa shape index (κ1) is 14.1. The Morgan fingerprint density at radius 1 is 1.26 bits per heavy atom. The van der Waals surface area contributed by atoms with E-state index < -0.39 is 0 Å². The molecule has 1 aromatic rings. The summed E-state index contributed by atoms with van der Waals surface area (Å²) in [5.74, 6) is 1.79. The van der Waals surface area contributed by atoms with Crippen LogP contribution < -0.4 is 16.4 Å². The van der Waals surface area contributed by atoms with Crippen LogP contribution in [-0.4, -0.2) is 28.6 Å². The third-order valence-electron chi connectivity index (χ3n) is 3.53. The van der Waals surface area contributed by atoms with Gasteiger partial charge in [0.2, 0.25) is 0 Å².